The van der Waals surface area contributed by atoms with E-state index in [1.54, 1.807) is 19.1 Å². The summed E-state index contributed by atoms with van der Waals surface area (Å²) in [5.74, 6) is 0.890. The van der Waals surface area contributed by atoms with Crippen molar-refractivity contribution in [2.24, 2.45) is 5.73 Å². The first-order valence-electron chi connectivity index (χ1n) is 12.3. The molecule has 0 spiro atoms. The van der Waals surface area contributed by atoms with Crippen LogP contribution < -0.4 is 16.4 Å². The van der Waals surface area contributed by atoms with E-state index in [9.17, 15) is 4.79 Å². The standard InChI is InChI=1S/C25H35N7O2/c1-4-20(5-2)32-15-27-21-22(28-18-11-7-16(8-12-18)24(33)34-6-3)30-25(31-23(21)32)29-19-13-9-17(26)10-14-19/h7-8,11-12,15,17,19-20H,4-6,9-10,13-14,26H2,1-3H3,(H2,28,29,30,31)/t17-,19-. The molecule has 0 unspecified atom stereocenters. The van der Waals surface area contributed by atoms with Gasteiger partial charge in [0.1, 0.15) is 0 Å². The molecule has 4 N–H and O–H groups in total. The molecule has 1 saturated carbocycles. The molecule has 34 heavy (non-hydrogen) atoms. The lowest BCUT2D eigenvalue weighted by Crippen LogP contribution is -2.33. The second-order valence-electron chi connectivity index (χ2n) is 8.87. The highest BCUT2D eigenvalue weighted by atomic mass is 16.5. The van der Waals surface area contributed by atoms with Gasteiger partial charge in [-0.15, -0.1) is 0 Å². The molecule has 0 bridgehead atoms. The molecule has 2 aromatic heterocycles. The molecule has 2 heterocycles. The molecule has 1 aliphatic carbocycles. The van der Waals surface area contributed by atoms with Crippen LogP contribution in [0.1, 0.15) is 75.7 Å². The number of esters is 1. The Bertz CT molecular complexity index is 1100. The van der Waals surface area contributed by atoms with E-state index < -0.39 is 0 Å². The summed E-state index contributed by atoms with van der Waals surface area (Å²) in [6, 6.07) is 8.07. The van der Waals surface area contributed by atoms with Crippen molar-refractivity contribution in [1.29, 1.82) is 0 Å². The third-order valence-corrected chi connectivity index (χ3v) is 6.52. The fraction of sp³-hybridized carbons (Fsp3) is 0.520. The van der Waals surface area contributed by atoms with Crippen LogP contribution in [0.3, 0.4) is 0 Å². The maximum absolute atomic E-state index is 12.0. The van der Waals surface area contributed by atoms with Gasteiger partial charge in [-0.3, -0.25) is 0 Å². The number of benzene rings is 1. The van der Waals surface area contributed by atoms with Gasteiger partial charge in [0.05, 0.1) is 18.5 Å². The van der Waals surface area contributed by atoms with Crippen LogP contribution in [0.2, 0.25) is 0 Å². The summed E-state index contributed by atoms with van der Waals surface area (Å²) < 4.78 is 7.22. The summed E-state index contributed by atoms with van der Waals surface area (Å²) in [7, 11) is 0. The Morgan fingerprint density at radius 1 is 1.12 bits per heavy atom. The fourth-order valence-corrected chi connectivity index (χ4v) is 4.50. The highest BCUT2D eigenvalue weighted by Gasteiger charge is 2.22. The van der Waals surface area contributed by atoms with Gasteiger partial charge in [0.25, 0.3) is 0 Å². The minimum Gasteiger partial charge on any atom is -0.462 e. The zero-order valence-electron chi connectivity index (χ0n) is 20.3. The van der Waals surface area contributed by atoms with Crippen LogP contribution in [0.4, 0.5) is 17.5 Å². The Hall–Kier alpha value is -3.20. The predicted octanol–water partition coefficient (Wildman–Crippen LogP) is 4.79. The average Bonchev–Trinajstić information content (AvgIpc) is 3.26. The monoisotopic (exact) mass is 465 g/mol. The van der Waals surface area contributed by atoms with E-state index >= 15 is 0 Å². The third kappa shape index (κ3) is 5.30. The summed E-state index contributed by atoms with van der Waals surface area (Å²) in [5.41, 5.74) is 8.93. The Morgan fingerprint density at radius 2 is 1.82 bits per heavy atom. The van der Waals surface area contributed by atoms with Crippen LogP contribution in [-0.4, -0.2) is 44.2 Å². The lowest BCUT2D eigenvalue weighted by atomic mass is 9.92. The van der Waals surface area contributed by atoms with Crippen molar-refractivity contribution < 1.29 is 9.53 Å². The first-order valence-corrected chi connectivity index (χ1v) is 12.3. The molecule has 0 amide bonds. The summed E-state index contributed by atoms with van der Waals surface area (Å²) in [5, 5.41) is 6.91. The summed E-state index contributed by atoms with van der Waals surface area (Å²) in [6.07, 6.45) is 7.86. The second-order valence-corrected chi connectivity index (χ2v) is 8.87. The molecule has 1 aliphatic rings. The molecule has 0 atom stereocenters. The van der Waals surface area contributed by atoms with Gasteiger partial charge in [0.15, 0.2) is 17.0 Å². The Kier molecular flexibility index (Phi) is 7.62. The van der Waals surface area contributed by atoms with Crippen LogP contribution in [0, 0.1) is 0 Å². The minimum atomic E-state index is -0.332. The number of carbonyl (C=O) groups is 1. The van der Waals surface area contributed by atoms with E-state index in [0.29, 0.717) is 36.0 Å². The number of nitrogens with zero attached hydrogens (tertiary/aromatic N) is 4. The van der Waals surface area contributed by atoms with Gasteiger partial charge in [-0.05, 0) is 69.7 Å². The minimum absolute atomic E-state index is 0.285. The van der Waals surface area contributed by atoms with Crippen molar-refractivity contribution >= 4 is 34.6 Å². The van der Waals surface area contributed by atoms with Crippen molar-refractivity contribution in [3.05, 3.63) is 36.2 Å². The molecule has 4 rings (SSSR count). The number of nitrogens with one attached hydrogen (secondary N) is 2. The topological polar surface area (TPSA) is 120 Å². The predicted molar refractivity (Wildman–Crippen MR) is 134 cm³/mol. The lowest BCUT2D eigenvalue weighted by Gasteiger charge is -2.27. The zero-order valence-corrected chi connectivity index (χ0v) is 20.3. The number of aromatic nitrogens is 4. The van der Waals surface area contributed by atoms with Crippen LogP contribution >= 0.6 is 0 Å². The number of rotatable bonds is 9. The lowest BCUT2D eigenvalue weighted by molar-refractivity contribution is 0.0526. The average molecular weight is 466 g/mol. The highest BCUT2D eigenvalue weighted by molar-refractivity contribution is 5.90. The van der Waals surface area contributed by atoms with Gasteiger partial charge in [-0.1, -0.05) is 13.8 Å². The maximum Gasteiger partial charge on any atom is 0.338 e. The van der Waals surface area contributed by atoms with Crippen molar-refractivity contribution in [2.45, 2.75) is 77.4 Å². The first kappa shape index (κ1) is 23.9. The van der Waals surface area contributed by atoms with Crippen molar-refractivity contribution in [2.75, 3.05) is 17.2 Å². The van der Waals surface area contributed by atoms with E-state index in [4.69, 9.17) is 20.4 Å². The van der Waals surface area contributed by atoms with Gasteiger partial charge >= 0.3 is 5.97 Å². The maximum atomic E-state index is 12.0. The van der Waals surface area contributed by atoms with Crippen molar-refractivity contribution in [1.82, 2.24) is 19.5 Å². The van der Waals surface area contributed by atoms with Gasteiger partial charge in [0.2, 0.25) is 5.95 Å². The molecule has 1 fully saturated rings. The van der Waals surface area contributed by atoms with E-state index in [1.165, 1.54) is 0 Å². The number of fused-ring (bicyclic) bond motifs is 1. The molecule has 182 valence electrons. The highest BCUT2D eigenvalue weighted by Crippen LogP contribution is 2.29. The molecular formula is C25H35N7O2. The molecule has 9 heteroatoms. The second kappa shape index (κ2) is 10.8. The third-order valence-electron chi connectivity index (χ3n) is 6.52. The van der Waals surface area contributed by atoms with E-state index in [0.717, 1.165) is 55.4 Å². The van der Waals surface area contributed by atoms with Gasteiger partial charge < -0.3 is 25.7 Å². The Labute approximate surface area is 200 Å². The van der Waals surface area contributed by atoms with Crippen LogP contribution in [0.25, 0.3) is 11.2 Å². The molecule has 3 aromatic rings. The van der Waals surface area contributed by atoms with Gasteiger partial charge in [-0.2, -0.15) is 9.97 Å². The van der Waals surface area contributed by atoms with Crippen molar-refractivity contribution in [3.8, 4) is 0 Å². The number of hydrogen-bond acceptors (Lipinski definition) is 8. The Morgan fingerprint density at radius 3 is 2.47 bits per heavy atom. The number of hydrogen-bond donors (Lipinski definition) is 3. The molecule has 9 nitrogen and oxygen atoms in total. The summed E-state index contributed by atoms with van der Waals surface area (Å²) in [6.45, 7) is 6.49. The van der Waals surface area contributed by atoms with Gasteiger partial charge in [0, 0.05) is 23.8 Å². The quantitative estimate of drug-likeness (QED) is 0.386. The van der Waals surface area contributed by atoms with E-state index in [-0.39, 0.29) is 12.0 Å². The normalized spacial score (nSPS) is 18.3. The first-order chi connectivity index (χ1) is 16.5. The van der Waals surface area contributed by atoms with Crippen LogP contribution in [-0.2, 0) is 4.74 Å². The number of ether oxygens (including phenoxy) is 1. The number of anilines is 3. The van der Waals surface area contributed by atoms with Gasteiger partial charge in [-0.25, -0.2) is 9.78 Å². The molecular weight excluding hydrogens is 430 g/mol. The summed E-state index contributed by atoms with van der Waals surface area (Å²) in [4.78, 5) is 26.3. The molecule has 1 aromatic carbocycles. The fourth-order valence-electron chi connectivity index (χ4n) is 4.50. The smallest absolute Gasteiger partial charge is 0.338 e. The Balaban J connectivity index is 1.66. The molecule has 0 radical (unpaired) electrons. The largest absolute Gasteiger partial charge is 0.462 e. The number of imidazole rings is 1. The zero-order chi connectivity index (χ0) is 24.1. The van der Waals surface area contributed by atoms with E-state index in [2.05, 4.69) is 34.0 Å². The summed E-state index contributed by atoms with van der Waals surface area (Å²) >= 11 is 0. The molecule has 0 aliphatic heterocycles. The number of carbonyl (C=O) groups excluding carboxylic acids is 1. The van der Waals surface area contributed by atoms with Crippen LogP contribution in [0.15, 0.2) is 30.6 Å². The SMILES string of the molecule is CCOC(=O)c1ccc(Nc2nc(N[C@H]3CC[C@H](N)CC3)nc3c2ncn3C(CC)CC)cc1. The van der Waals surface area contributed by atoms with Crippen LogP contribution in [0.5, 0.6) is 0 Å². The van der Waals surface area contributed by atoms with E-state index in [1.807, 2.05) is 18.5 Å². The molecule has 0 saturated heterocycles. The van der Waals surface area contributed by atoms with Crippen molar-refractivity contribution in [3.63, 3.8) is 0 Å². The number of nitrogens with two attached hydrogens (primary N) is 1.